The van der Waals surface area contributed by atoms with Gasteiger partial charge >= 0.3 is 0 Å². The van der Waals surface area contributed by atoms with E-state index in [0.29, 0.717) is 22.2 Å². The van der Waals surface area contributed by atoms with Crippen molar-refractivity contribution in [3.05, 3.63) is 56.2 Å². The Labute approximate surface area is 131 Å². The monoisotopic (exact) mass is 323 g/mol. The zero-order chi connectivity index (χ0) is 14.4. The molecule has 0 aliphatic rings. The summed E-state index contributed by atoms with van der Waals surface area (Å²) in [5, 5.41) is 5.76. The molecule has 1 heterocycles. The lowest BCUT2D eigenvalue weighted by Crippen LogP contribution is -2.23. The van der Waals surface area contributed by atoms with Crippen LogP contribution in [0.2, 0.25) is 10.0 Å². The molecule has 0 aliphatic heterocycles. The second-order valence-electron chi connectivity index (χ2n) is 3.99. The van der Waals surface area contributed by atoms with Crippen molar-refractivity contribution in [1.82, 2.24) is 5.32 Å². The summed E-state index contributed by atoms with van der Waals surface area (Å²) in [4.78, 5) is 12.8. The zero-order valence-corrected chi connectivity index (χ0v) is 12.8. The molecule has 1 N–H and O–H groups in total. The summed E-state index contributed by atoms with van der Waals surface area (Å²) in [7, 11) is 0. The third-order valence-electron chi connectivity index (χ3n) is 2.42. The third-order valence-corrected chi connectivity index (χ3v) is 3.79. The minimum atomic E-state index is -0.308. The Morgan fingerprint density at radius 2 is 2.00 bits per heavy atom. The highest BCUT2D eigenvalue weighted by Crippen LogP contribution is 2.18. The van der Waals surface area contributed by atoms with E-state index >= 15 is 0 Å². The van der Waals surface area contributed by atoms with Crippen LogP contribution in [-0.4, -0.2) is 12.5 Å². The average Bonchev–Trinajstić information content (AvgIpc) is 2.88. The molecule has 0 unspecified atom stereocenters. The van der Waals surface area contributed by atoms with E-state index in [1.165, 1.54) is 4.88 Å². The lowest BCUT2D eigenvalue weighted by molar-refractivity contribution is -0.115. The van der Waals surface area contributed by atoms with Gasteiger partial charge in [0.1, 0.15) is 0 Å². The topological polar surface area (TPSA) is 29.1 Å². The van der Waals surface area contributed by atoms with Crippen molar-refractivity contribution < 1.29 is 4.79 Å². The van der Waals surface area contributed by atoms with Gasteiger partial charge in [-0.25, -0.2) is 0 Å². The molecule has 0 radical (unpaired) electrons. The van der Waals surface area contributed by atoms with Crippen LogP contribution >= 0.6 is 34.5 Å². The van der Waals surface area contributed by atoms with Gasteiger partial charge in [-0.05, 0) is 36.1 Å². The number of carbonyl (C=O) groups is 1. The maximum Gasteiger partial charge on any atom is 0.296 e. The Kier molecular flexibility index (Phi) is 5.49. The molecule has 2 nitrogen and oxygen atoms in total. The van der Waals surface area contributed by atoms with Crippen LogP contribution in [0.4, 0.5) is 0 Å². The van der Waals surface area contributed by atoms with Crippen LogP contribution in [0.5, 0.6) is 0 Å². The zero-order valence-electron chi connectivity index (χ0n) is 10.5. The van der Waals surface area contributed by atoms with Crippen LogP contribution in [0.3, 0.4) is 0 Å². The molecule has 0 saturated carbocycles. The van der Waals surface area contributed by atoms with Crippen molar-refractivity contribution in [3.63, 3.8) is 0 Å². The molecule has 102 valence electrons. The van der Waals surface area contributed by atoms with Gasteiger partial charge in [0.05, 0.1) is 0 Å². The minimum Gasteiger partial charge on any atom is -0.345 e. The lowest BCUT2D eigenvalue weighted by Gasteiger charge is -1.98. The standard InChI is InChI=1S/C15H11Cl2NOS/c16-12-8-11(9-13(17)10-12)3-4-15(19)18-6-5-14-2-1-7-20-14/h1-2,7-10H,5-6H2,(H,18,19). The number of amides is 1. The Morgan fingerprint density at radius 1 is 1.25 bits per heavy atom. The summed E-state index contributed by atoms with van der Waals surface area (Å²) in [6.07, 6.45) is 0.814. The number of carbonyl (C=O) groups excluding carboxylic acids is 1. The number of nitrogens with one attached hydrogen (secondary N) is 1. The molecule has 1 aromatic carbocycles. The van der Waals surface area contributed by atoms with Crippen molar-refractivity contribution in [1.29, 1.82) is 0 Å². The van der Waals surface area contributed by atoms with Gasteiger partial charge in [0.25, 0.3) is 5.91 Å². The first-order valence-corrected chi connectivity index (χ1v) is 7.55. The molecule has 20 heavy (non-hydrogen) atoms. The fourth-order valence-corrected chi connectivity index (χ4v) is 2.79. The normalized spacial score (nSPS) is 9.70. The largest absolute Gasteiger partial charge is 0.345 e. The molecule has 2 rings (SSSR count). The van der Waals surface area contributed by atoms with Gasteiger partial charge < -0.3 is 5.32 Å². The summed E-state index contributed by atoms with van der Waals surface area (Å²) < 4.78 is 0. The molecular weight excluding hydrogens is 313 g/mol. The second kappa shape index (κ2) is 7.35. The predicted octanol–water partition coefficient (Wildman–Crippen LogP) is 3.77. The van der Waals surface area contributed by atoms with Crippen LogP contribution in [-0.2, 0) is 11.2 Å². The van der Waals surface area contributed by atoms with E-state index in [0.717, 1.165) is 6.42 Å². The van der Waals surface area contributed by atoms with Crippen LogP contribution in [0.15, 0.2) is 35.7 Å². The fraction of sp³-hybridized carbons (Fsp3) is 0.133. The van der Waals surface area contributed by atoms with Gasteiger partial charge in [0, 0.05) is 33.0 Å². The Bertz CT molecular complexity index is 636. The molecule has 5 heteroatoms. The summed E-state index contributed by atoms with van der Waals surface area (Å²) in [5.74, 6) is 4.95. The summed E-state index contributed by atoms with van der Waals surface area (Å²) in [5.41, 5.74) is 0.621. The molecule has 0 spiro atoms. The number of hydrogen-bond acceptors (Lipinski definition) is 2. The van der Waals surface area contributed by atoms with Crippen LogP contribution < -0.4 is 5.32 Å². The Morgan fingerprint density at radius 3 is 2.65 bits per heavy atom. The highest BCUT2D eigenvalue weighted by Gasteiger charge is 1.98. The maximum atomic E-state index is 11.6. The van der Waals surface area contributed by atoms with E-state index in [9.17, 15) is 4.79 Å². The van der Waals surface area contributed by atoms with Crippen LogP contribution in [0.25, 0.3) is 0 Å². The molecular formula is C15H11Cl2NOS. The number of halogens is 2. The highest BCUT2D eigenvalue weighted by molar-refractivity contribution is 7.09. The lowest BCUT2D eigenvalue weighted by atomic mass is 10.2. The van der Waals surface area contributed by atoms with Crippen LogP contribution in [0, 0.1) is 11.8 Å². The Balaban J connectivity index is 1.86. The molecule has 0 saturated heterocycles. The van der Waals surface area contributed by atoms with E-state index in [2.05, 4.69) is 17.2 Å². The Hall–Kier alpha value is -1.47. The first-order chi connectivity index (χ1) is 9.63. The van der Waals surface area contributed by atoms with Gasteiger partial charge in [0.15, 0.2) is 0 Å². The van der Waals surface area contributed by atoms with Crippen molar-refractivity contribution >= 4 is 40.4 Å². The maximum absolute atomic E-state index is 11.6. The van der Waals surface area contributed by atoms with Crippen LogP contribution in [0.1, 0.15) is 10.4 Å². The van der Waals surface area contributed by atoms with E-state index < -0.39 is 0 Å². The van der Waals surface area contributed by atoms with E-state index in [1.54, 1.807) is 29.5 Å². The molecule has 1 aromatic heterocycles. The van der Waals surface area contributed by atoms with Crippen molar-refractivity contribution in [3.8, 4) is 11.8 Å². The molecule has 0 aliphatic carbocycles. The summed E-state index contributed by atoms with van der Waals surface area (Å²) in [6.45, 7) is 0.574. The first-order valence-electron chi connectivity index (χ1n) is 5.92. The summed E-state index contributed by atoms with van der Waals surface area (Å²) >= 11 is 13.4. The van der Waals surface area contributed by atoms with Crippen molar-refractivity contribution in [2.75, 3.05) is 6.54 Å². The van der Waals surface area contributed by atoms with E-state index in [1.807, 2.05) is 17.5 Å². The molecule has 1 amide bonds. The van der Waals surface area contributed by atoms with E-state index in [4.69, 9.17) is 23.2 Å². The highest BCUT2D eigenvalue weighted by atomic mass is 35.5. The number of benzene rings is 1. The minimum absolute atomic E-state index is 0.308. The predicted molar refractivity (Wildman–Crippen MR) is 84.4 cm³/mol. The van der Waals surface area contributed by atoms with Crippen molar-refractivity contribution in [2.45, 2.75) is 6.42 Å². The van der Waals surface area contributed by atoms with E-state index in [-0.39, 0.29) is 5.91 Å². The second-order valence-corrected chi connectivity index (χ2v) is 5.90. The SMILES string of the molecule is O=C(C#Cc1cc(Cl)cc(Cl)c1)NCCc1cccs1. The van der Waals surface area contributed by atoms with Gasteiger partial charge in [0.2, 0.25) is 0 Å². The molecule has 2 aromatic rings. The number of hydrogen-bond donors (Lipinski definition) is 1. The van der Waals surface area contributed by atoms with Gasteiger partial charge in [-0.3, -0.25) is 4.79 Å². The molecule has 0 bridgehead atoms. The number of rotatable bonds is 3. The first kappa shape index (κ1) is 14.9. The van der Waals surface area contributed by atoms with Gasteiger partial charge in [-0.2, -0.15) is 0 Å². The molecule has 0 fully saturated rings. The number of thiophene rings is 1. The van der Waals surface area contributed by atoms with Crippen molar-refractivity contribution in [2.24, 2.45) is 0 Å². The average molecular weight is 324 g/mol. The fourth-order valence-electron chi connectivity index (χ4n) is 1.55. The molecule has 0 atom stereocenters. The smallest absolute Gasteiger partial charge is 0.296 e. The van der Waals surface area contributed by atoms with Gasteiger partial charge in [-0.15, -0.1) is 11.3 Å². The van der Waals surface area contributed by atoms with Gasteiger partial charge in [-0.1, -0.05) is 35.2 Å². The quantitative estimate of drug-likeness (QED) is 0.856. The summed E-state index contributed by atoms with van der Waals surface area (Å²) in [6, 6.07) is 8.98. The third kappa shape index (κ3) is 4.90.